The van der Waals surface area contributed by atoms with E-state index in [1.807, 2.05) is 16.9 Å². The molecule has 2 heterocycles. The molecule has 1 aliphatic rings. The zero-order valence-corrected chi connectivity index (χ0v) is 11.6. The molecule has 1 aliphatic heterocycles. The molecular weight excluding hydrogens is 250 g/mol. The maximum absolute atomic E-state index is 11.1. The number of likely N-dealkylation sites (tertiary alicyclic amines) is 1. The number of rotatable bonds is 6. The van der Waals surface area contributed by atoms with Crippen LogP contribution in [0, 0.1) is 0 Å². The van der Waals surface area contributed by atoms with Crippen LogP contribution in [0.4, 0.5) is 0 Å². The van der Waals surface area contributed by atoms with Gasteiger partial charge < -0.3 is 0 Å². The van der Waals surface area contributed by atoms with E-state index in [9.17, 15) is 8.42 Å². The lowest BCUT2D eigenvalue weighted by molar-refractivity contribution is 0.228. The third-order valence-corrected chi connectivity index (χ3v) is 4.45. The molecule has 1 aromatic rings. The van der Waals surface area contributed by atoms with Gasteiger partial charge in [0, 0.05) is 24.7 Å². The predicted molar refractivity (Wildman–Crippen MR) is 71.1 cm³/mol. The minimum absolute atomic E-state index is 0.290. The molecule has 1 aromatic heterocycles. The van der Waals surface area contributed by atoms with Gasteiger partial charge in [0.05, 0.1) is 12.3 Å². The highest BCUT2D eigenvalue weighted by atomic mass is 32.2. The van der Waals surface area contributed by atoms with Crippen LogP contribution in [0.2, 0.25) is 0 Å². The topological polar surface area (TPSA) is 55.2 Å². The minimum atomic E-state index is -2.83. The van der Waals surface area contributed by atoms with Gasteiger partial charge in [0.2, 0.25) is 0 Å². The Labute approximate surface area is 109 Å². The van der Waals surface area contributed by atoms with Crippen LogP contribution < -0.4 is 0 Å². The maximum atomic E-state index is 11.1. The standard InChI is InChI=1S/C12H21N3O2S/c1-18(16,17)10-4-8-14-7-2-5-12(14)11-15-9-3-6-13-15/h3,6,9,12H,2,4-5,7-8,10-11H2,1H3/t12-/m1/s1. The zero-order chi connectivity index (χ0) is 13.0. The van der Waals surface area contributed by atoms with Crippen molar-refractivity contribution in [2.24, 2.45) is 0 Å². The van der Waals surface area contributed by atoms with Crippen molar-refractivity contribution >= 4 is 9.84 Å². The van der Waals surface area contributed by atoms with Gasteiger partial charge in [-0.2, -0.15) is 5.10 Å². The second-order valence-electron chi connectivity index (χ2n) is 5.04. The van der Waals surface area contributed by atoms with Gasteiger partial charge in [0.25, 0.3) is 0 Å². The zero-order valence-electron chi connectivity index (χ0n) is 10.8. The molecule has 6 heteroatoms. The fourth-order valence-corrected chi connectivity index (χ4v) is 3.20. The van der Waals surface area contributed by atoms with Crippen molar-refractivity contribution in [1.29, 1.82) is 0 Å². The summed E-state index contributed by atoms with van der Waals surface area (Å²) in [4.78, 5) is 2.40. The summed E-state index contributed by atoms with van der Waals surface area (Å²) in [6.45, 7) is 2.86. The van der Waals surface area contributed by atoms with Crippen molar-refractivity contribution in [2.75, 3.05) is 25.1 Å². The van der Waals surface area contributed by atoms with Gasteiger partial charge in [0.1, 0.15) is 9.84 Å². The Morgan fingerprint density at radius 3 is 2.94 bits per heavy atom. The third kappa shape index (κ3) is 4.10. The Kier molecular flexibility index (Phi) is 4.40. The Morgan fingerprint density at radius 2 is 2.28 bits per heavy atom. The van der Waals surface area contributed by atoms with E-state index < -0.39 is 9.84 Å². The van der Waals surface area contributed by atoms with Gasteiger partial charge in [-0.25, -0.2) is 8.42 Å². The van der Waals surface area contributed by atoms with E-state index in [2.05, 4.69) is 10.00 Å². The molecule has 1 atom stereocenters. The van der Waals surface area contributed by atoms with E-state index in [0.717, 1.165) is 26.1 Å². The molecule has 0 unspecified atom stereocenters. The van der Waals surface area contributed by atoms with E-state index >= 15 is 0 Å². The molecule has 0 amide bonds. The van der Waals surface area contributed by atoms with Crippen LogP contribution in [0.15, 0.2) is 18.5 Å². The highest BCUT2D eigenvalue weighted by Crippen LogP contribution is 2.18. The first-order chi connectivity index (χ1) is 8.54. The largest absolute Gasteiger partial charge is 0.299 e. The average molecular weight is 271 g/mol. The molecule has 1 fully saturated rings. The van der Waals surface area contributed by atoms with Crippen molar-refractivity contribution in [3.8, 4) is 0 Å². The minimum Gasteiger partial charge on any atom is -0.299 e. The molecular formula is C12H21N3O2S. The predicted octanol–water partition coefficient (Wildman–Crippen LogP) is 0.782. The van der Waals surface area contributed by atoms with Crippen LogP contribution in [-0.4, -0.2) is 54.2 Å². The first-order valence-electron chi connectivity index (χ1n) is 6.44. The molecule has 5 nitrogen and oxygen atoms in total. The quantitative estimate of drug-likeness (QED) is 0.767. The number of hydrogen-bond donors (Lipinski definition) is 0. The van der Waals surface area contributed by atoms with Crippen LogP contribution in [0.5, 0.6) is 0 Å². The maximum Gasteiger partial charge on any atom is 0.147 e. The monoisotopic (exact) mass is 271 g/mol. The normalized spacial score (nSPS) is 21.5. The molecule has 0 spiro atoms. The third-order valence-electron chi connectivity index (χ3n) is 3.42. The van der Waals surface area contributed by atoms with Gasteiger partial charge in [-0.3, -0.25) is 9.58 Å². The molecule has 0 saturated carbocycles. The van der Waals surface area contributed by atoms with Gasteiger partial charge in [-0.05, 0) is 38.4 Å². The summed E-state index contributed by atoms with van der Waals surface area (Å²) >= 11 is 0. The molecule has 0 aromatic carbocycles. The van der Waals surface area contributed by atoms with Crippen LogP contribution >= 0.6 is 0 Å². The number of sulfone groups is 1. The molecule has 18 heavy (non-hydrogen) atoms. The summed E-state index contributed by atoms with van der Waals surface area (Å²) in [5.74, 6) is 0.290. The van der Waals surface area contributed by atoms with Gasteiger partial charge in [-0.1, -0.05) is 0 Å². The molecule has 0 aliphatic carbocycles. The van der Waals surface area contributed by atoms with E-state index in [1.54, 1.807) is 6.20 Å². The average Bonchev–Trinajstić information content (AvgIpc) is 2.90. The summed E-state index contributed by atoms with van der Waals surface area (Å²) in [6, 6.07) is 2.44. The lowest BCUT2D eigenvalue weighted by atomic mass is 10.2. The van der Waals surface area contributed by atoms with E-state index in [0.29, 0.717) is 6.04 Å². The summed E-state index contributed by atoms with van der Waals surface area (Å²) < 4.78 is 24.2. The van der Waals surface area contributed by atoms with E-state index in [1.165, 1.54) is 19.1 Å². The first kappa shape index (κ1) is 13.5. The van der Waals surface area contributed by atoms with Gasteiger partial charge in [0.15, 0.2) is 0 Å². The lowest BCUT2D eigenvalue weighted by Gasteiger charge is -2.24. The molecule has 0 N–H and O–H groups in total. The summed E-state index contributed by atoms with van der Waals surface area (Å²) in [5.41, 5.74) is 0. The van der Waals surface area contributed by atoms with Crippen molar-refractivity contribution in [2.45, 2.75) is 31.8 Å². The number of aromatic nitrogens is 2. The second-order valence-corrected chi connectivity index (χ2v) is 7.30. The first-order valence-corrected chi connectivity index (χ1v) is 8.50. The highest BCUT2D eigenvalue weighted by Gasteiger charge is 2.24. The number of hydrogen-bond acceptors (Lipinski definition) is 4. The Hall–Kier alpha value is -0.880. The van der Waals surface area contributed by atoms with Crippen LogP contribution in [0.3, 0.4) is 0 Å². The van der Waals surface area contributed by atoms with Gasteiger partial charge >= 0.3 is 0 Å². The summed E-state index contributed by atoms with van der Waals surface area (Å²) in [5, 5.41) is 4.23. The molecule has 2 rings (SSSR count). The van der Waals surface area contributed by atoms with Crippen molar-refractivity contribution in [3.63, 3.8) is 0 Å². The summed E-state index contributed by atoms with van der Waals surface area (Å²) in [7, 11) is -2.83. The van der Waals surface area contributed by atoms with Crippen LogP contribution in [0.25, 0.3) is 0 Å². The Bertz CT molecular complexity index is 456. The molecule has 102 valence electrons. The van der Waals surface area contributed by atoms with Crippen molar-refractivity contribution < 1.29 is 8.42 Å². The number of nitrogens with zero attached hydrogens (tertiary/aromatic N) is 3. The highest BCUT2D eigenvalue weighted by molar-refractivity contribution is 7.90. The SMILES string of the molecule is CS(=O)(=O)CCCN1CCC[C@@H]1Cn1cccn1. The molecule has 0 radical (unpaired) electrons. The fourth-order valence-electron chi connectivity index (χ4n) is 2.55. The smallest absolute Gasteiger partial charge is 0.147 e. The van der Waals surface area contributed by atoms with E-state index in [-0.39, 0.29) is 5.75 Å². The van der Waals surface area contributed by atoms with E-state index in [4.69, 9.17) is 0 Å². The van der Waals surface area contributed by atoms with Crippen LogP contribution in [0.1, 0.15) is 19.3 Å². The lowest BCUT2D eigenvalue weighted by Crippen LogP contribution is -2.34. The Balaban J connectivity index is 1.80. The molecule has 0 bridgehead atoms. The molecule has 1 saturated heterocycles. The van der Waals surface area contributed by atoms with Crippen molar-refractivity contribution in [1.82, 2.24) is 14.7 Å². The fraction of sp³-hybridized carbons (Fsp3) is 0.750. The van der Waals surface area contributed by atoms with Crippen molar-refractivity contribution in [3.05, 3.63) is 18.5 Å². The van der Waals surface area contributed by atoms with Crippen LogP contribution in [-0.2, 0) is 16.4 Å². The summed E-state index contributed by atoms with van der Waals surface area (Å²) in [6.07, 6.45) is 8.19. The Morgan fingerprint density at radius 1 is 1.44 bits per heavy atom. The van der Waals surface area contributed by atoms with Gasteiger partial charge in [-0.15, -0.1) is 0 Å². The second kappa shape index (κ2) is 5.84.